The molecule has 0 aliphatic heterocycles. The number of nitrogens with two attached hydrogens (primary N) is 1. The monoisotopic (exact) mass is 256 g/mol. The van der Waals surface area contributed by atoms with Gasteiger partial charge in [0.15, 0.2) is 0 Å². The van der Waals surface area contributed by atoms with E-state index >= 15 is 0 Å². The third-order valence-electron chi connectivity index (χ3n) is 2.94. The van der Waals surface area contributed by atoms with Crippen LogP contribution in [0.5, 0.6) is 5.75 Å². The second-order valence-corrected chi connectivity index (χ2v) is 4.35. The van der Waals surface area contributed by atoms with Gasteiger partial charge in [-0.2, -0.15) is 0 Å². The topological polar surface area (TPSA) is 51.0 Å². The van der Waals surface area contributed by atoms with Crippen molar-refractivity contribution in [3.05, 3.63) is 60.0 Å². The summed E-state index contributed by atoms with van der Waals surface area (Å²) in [4.78, 5) is 3.22. The third-order valence-corrected chi connectivity index (χ3v) is 2.94. The van der Waals surface area contributed by atoms with Gasteiger partial charge in [-0.1, -0.05) is 12.1 Å². The van der Waals surface area contributed by atoms with Crippen LogP contribution < -0.4 is 10.5 Å². The Kier molecular flexibility index (Phi) is 2.83. The van der Waals surface area contributed by atoms with Gasteiger partial charge in [-0.3, -0.25) is 0 Å². The first-order valence-corrected chi connectivity index (χ1v) is 5.97. The molecule has 1 aromatic heterocycles. The third kappa shape index (κ3) is 2.38. The van der Waals surface area contributed by atoms with E-state index in [2.05, 4.69) is 4.98 Å². The molecule has 19 heavy (non-hydrogen) atoms. The number of H-pyrrole nitrogens is 1. The molecule has 4 heteroatoms. The molecule has 0 radical (unpaired) electrons. The summed E-state index contributed by atoms with van der Waals surface area (Å²) >= 11 is 0. The molecular weight excluding hydrogens is 243 g/mol. The number of nitrogen functional groups attached to an aromatic ring is 1. The number of aromatic nitrogens is 1. The Labute approximate surface area is 109 Å². The minimum Gasteiger partial charge on any atom is -0.487 e. The fourth-order valence-corrected chi connectivity index (χ4v) is 2.03. The normalized spacial score (nSPS) is 10.8. The van der Waals surface area contributed by atoms with Crippen LogP contribution in [0, 0.1) is 5.82 Å². The lowest BCUT2D eigenvalue weighted by Gasteiger charge is -2.04. The van der Waals surface area contributed by atoms with E-state index in [-0.39, 0.29) is 5.82 Å². The lowest BCUT2D eigenvalue weighted by Crippen LogP contribution is -1.95. The Hall–Kier alpha value is -2.49. The van der Waals surface area contributed by atoms with E-state index in [9.17, 15) is 4.39 Å². The molecule has 0 atom stereocenters. The highest BCUT2D eigenvalue weighted by Crippen LogP contribution is 2.22. The molecule has 96 valence electrons. The van der Waals surface area contributed by atoms with E-state index in [0.717, 1.165) is 22.3 Å². The molecule has 0 spiro atoms. The number of rotatable bonds is 3. The molecule has 0 aliphatic rings. The Bertz CT molecular complexity index is 721. The minimum atomic E-state index is -0.307. The van der Waals surface area contributed by atoms with E-state index < -0.39 is 0 Å². The number of aromatic amines is 1. The predicted molar refractivity (Wildman–Crippen MR) is 73.4 cm³/mol. The molecule has 3 aromatic rings. The molecule has 0 aliphatic carbocycles. The van der Waals surface area contributed by atoms with Gasteiger partial charge in [0.2, 0.25) is 0 Å². The number of ether oxygens (including phenoxy) is 1. The Morgan fingerprint density at radius 3 is 2.74 bits per heavy atom. The summed E-state index contributed by atoms with van der Waals surface area (Å²) in [6.45, 7) is 0.345. The van der Waals surface area contributed by atoms with Gasteiger partial charge in [-0.15, -0.1) is 0 Å². The van der Waals surface area contributed by atoms with Crippen molar-refractivity contribution >= 4 is 16.6 Å². The van der Waals surface area contributed by atoms with Crippen molar-refractivity contribution in [2.24, 2.45) is 0 Å². The summed E-state index contributed by atoms with van der Waals surface area (Å²) < 4.78 is 18.5. The van der Waals surface area contributed by atoms with Crippen LogP contribution in [0.1, 0.15) is 5.69 Å². The number of hydrogen-bond acceptors (Lipinski definition) is 2. The fraction of sp³-hybridized carbons (Fsp3) is 0.0667. The summed E-state index contributed by atoms with van der Waals surface area (Å²) in [5.74, 6) is 0.199. The van der Waals surface area contributed by atoms with Crippen molar-refractivity contribution in [3.8, 4) is 5.75 Å². The molecule has 0 unspecified atom stereocenters. The van der Waals surface area contributed by atoms with Gasteiger partial charge in [0, 0.05) is 22.7 Å². The van der Waals surface area contributed by atoms with E-state index in [1.807, 2.05) is 24.3 Å². The first kappa shape index (κ1) is 11.6. The summed E-state index contributed by atoms with van der Waals surface area (Å²) in [6.07, 6.45) is 0. The van der Waals surface area contributed by atoms with Crippen molar-refractivity contribution in [2.75, 3.05) is 5.73 Å². The Morgan fingerprint density at radius 2 is 1.95 bits per heavy atom. The molecule has 3 rings (SSSR count). The maximum atomic E-state index is 13.0. The van der Waals surface area contributed by atoms with E-state index in [1.165, 1.54) is 12.1 Å². The Balaban J connectivity index is 1.80. The van der Waals surface area contributed by atoms with E-state index in [1.54, 1.807) is 12.1 Å². The zero-order valence-electron chi connectivity index (χ0n) is 10.2. The average molecular weight is 256 g/mol. The van der Waals surface area contributed by atoms with Gasteiger partial charge in [-0.05, 0) is 30.3 Å². The molecule has 2 aromatic carbocycles. The van der Waals surface area contributed by atoms with Crippen LogP contribution in [0.4, 0.5) is 10.1 Å². The summed E-state index contributed by atoms with van der Waals surface area (Å²) in [7, 11) is 0. The zero-order valence-corrected chi connectivity index (χ0v) is 10.2. The van der Waals surface area contributed by atoms with Crippen LogP contribution in [0.3, 0.4) is 0 Å². The SMILES string of the molecule is Nc1cccc2[nH]c(COc3cccc(F)c3)cc12. The van der Waals surface area contributed by atoms with Crippen molar-refractivity contribution in [2.45, 2.75) is 6.61 Å². The number of halogens is 1. The van der Waals surface area contributed by atoms with E-state index in [4.69, 9.17) is 10.5 Å². The van der Waals surface area contributed by atoms with Crippen LogP contribution in [-0.4, -0.2) is 4.98 Å². The van der Waals surface area contributed by atoms with Crippen LogP contribution in [-0.2, 0) is 6.61 Å². The molecule has 1 heterocycles. The van der Waals surface area contributed by atoms with Gasteiger partial charge >= 0.3 is 0 Å². The van der Waals surface area contributed by atoms with Gasteiger partial charge < -0.3 is 15.5 Å². The van der Waals surface area contributed by atoms with Gasteiger partial charge in [0.05, 0.1) is 5.69 Å². The van der Waals surface area contributed by atoms with Crippen LogP contribution in [0.15, 0.2) is 48.5 Å². The summed E-state index contributed by atoms with van der Waals surface area (Å²) in [6, 6.07) is 13.7. The van der Waals surface area contributed by atoms with E-state index in [0.29, 0.717) is 12.4 Å². The van der Waals surface area contributed by atoms with Crippen molar-refractivity contribution in [1.82, 2.24) is 4.98 Å². The molecule has 0 fully saturated rings. The minimum absolute atomic E-state index is 0.307. The smallest absolute Gasteiger partial charge is 0.128 e. The fourth-order valence-electron chi connectivity index (χ4n) is 2.03. The highest BCUT2D eigenvalue weighted by atomic mass is 19.1. The zero-order chi connectivity index (χ0) is 13.2. The number of anilines is 1. The maximum absolute atomic E-state index is 13.0. The number of nitrogens with one attached hydrogen (secondary N) is 1. The van der Waals surface area contributed by atoms with Crippen LogP contribution >= 0.6 is 0 Å². The molecule has 0 saturated carbocycles. The second-order valence-electron chi connectivity index (χ2n) is 4.35. The molecule has 0 saturated heterocycles. The largest absolute Gasteiger partial charge is 0.487 e. The van der Waals surface area contributed by atoms with Gasteiger partial charge in [0.1, 0.15) is 18.2 Å². The van der Waals surface area contributed by atoms with Gasteiger partial charge in [0.25, 0.3) is 0 Å². The summed E-state index contributed by atoms with van der Waals surface area (Å²) in [5.41, 5.74) is 8.48. The van der Waals surface area contributed by atoms with Crippen molar-refractivity contribution in [3.63, 3.8) is 0 Å². The number of hydrogen-bond donors (Lipinski definition) is 2. The van der Waals surface area contributed by atoms with Crippen molar-refractivity contribution < 1.29 is 9.13 Å². The lowest BCUT2D eigenvalue weighted by molar-refractivity contribution is 0.301. The van der Waals surface area contributed by atoms with Crippen LogP contribution in [0.25, 0.3) is 10.9 Å². The predicted octanol–water partition coefficient (Wildman–Crippen LogP) is 3.47. The molecule has 0 amide bonds. The van der Waals surface area contributed by atoms with Crippen molar-refractivity contribution in [1.29, 1.82) is 0 Å². The number of benzene rings is 2. The first-order valence-electron chi connectivity index (χ1n) is 5.97. The summed E-state index contributed by atoms with van der Waals surface area (Å²) in [5, 5.41) is 0.973. The van der Waals surface area contributed by atoms with Crippen LogP contribution in [0.2, 0.25) is 0 Å². The molecule has 0 bridgehead atoms. The quantitative estimate of drug-likeness (QED) is 0.705. The molecular formula is C15H13FN2O. The highest BCUT2D eigenvalue weighted by Gasteiger charge is 2.04. The first-order chi connectivity index (χ1) is 9.22. The molecule has 3 nitrogen and oxygen atoms in total. The highest BCUT2D eigenvalue weighted by molar-refractivity contribution is 5.91. The number of fused-ring (bicyclic) bond motifs is 1. The standard InChI is InChI=1S/C15H13FN2O/c16-10-3-1-4-12(7-10)19-9-11-8-13-14(17)5-2-6-15(13)18-11/h1-8,18H,9,17H2. The average Bonchev–Trinajstić information content (AvgIpc) is 2.81. The Morgan fingerprint density at radius 1 is 1.11 bits per heavy atom. The molecule has 3 N–H and O–H groups in total. The lowest BCUT2D eigenvalue weighted by atomic mass is 10.2. The second kappa shape index (κ2) is 4.65. The maximum Gasteiger partial charge on any atom is 0.128 e. The van der Waals surface area contributed by atoms with Gasteiger partial charge in [-0.25, -0.2) is 4.39 Å².